The van der Waals surface area contributed by atoms with Crippen molar-refractivity contribution in [1.29, 1.82) is 0 Å². The van der Waals surface area contributed by atoms with Gasteiger partial charge in [0.15, 0.2) is 0 Å². The first-order valence-corrected chi connectivity index (χ1v) is 9.63. The van der Waals surface area contributed by atoms with Gasteiger partial charge in [-0.2, -0.15) is 0 Å². The summed E-state index contributed by atoms with van der Waals surface area (Å²) < 4.78 is 5.57. The molecular weight excluding hydrogens is 378 g/mol. The molecule has 148 valence electrons. The van der Waals surface area contributed by atoms with Crippen LogP contribution in [0.5, 0.6) is 11.5 Å². The second kappa shape index (κ2) is 6.81. The van der Waals surface area contributed by atoms with Gasteiger partial charge in [-0.05, 0) is 59.2 Å². The number of amides is 1. The van der Waals surface area contributed by atoms with Crippen LogP contribution in [0.4, 0.5) is 0 Å². The molecule has 1 aromatic heterocycles. The van der Waals surface area contributed by atoms with Crippen molar-refractivity contribution in [3.05, 3.63) is 119 Å². The molecule has 0 unspecified atom stereocenters. The number of nitrogens with zero attached hydrogens (tertiary/aromatic N) is 1. The summed E-state index contributed by atoms with van der Waals surface area (Å²) in [6, 6.07) is 25.0. The largest absolute Gasteiger partial charge is 0.508 e. The van der Waals surface area contributed by atoms with Crippen LogP contribution in [0.3, 0.4) is 0 Å². The Kier molecular flexibility index (Phi) is 4.10. The van der Waals surface area contributed by atoms with E-state index in [0.29, 0.717) is 11.3 Å². The zero-order chi connectivity index (χ0) is 20.7. The number of phenolic OH excluding ortho intramolecular Hbond substituents is 2. The van der Waals surface area contributed by atoms with Crippen LogP contribution in [0.15, 0.2) is 95.6 Å². The summed E-state index contributed by atoms with van der Waals surface area (Å²) in [6.07, 6.45) is 1.59. The topological polar surface area (TPSA) is 73.9 Å². The van der Waals surface area contributed by atoms with E-state index in [2.05, 4.69) is 0 Å². The van der Waals surface area contributed by atoms with Crippen LogP contribution < -0.4 is 0 Å². The first kappa shape index (κ1) is 18.1. The number of phenols is 2. The minimum Gasteiger partial charge on any atom is -0.508 e. The van der Waals surface area contributed by atoms with Crippen LogP contribution in [0.1, 0.15) is 32.8 Å². The first-order chi connectivity index (χ1) is 14.6. The lowest BCUT2D eigenvalue weighted by Gasteiger charge is -2.40. The van der Waals surface area contributed by atoms with Gasteiger partial charge in [-0.15, -0.1) is 0 Å². The Morgan fingerprint density at radius 2 is 1.37 bits per heavy atom. The highest BCUT2D eigenvalue weighted by atomic mass is 16.3. The summed E-state index contributed by atoms with van der Waals surface area (Å²) in [7, 11) is 0. The molecule has 1 aliphatic heterocycles. The van der Waals surface area contributed by atoms with E-state index in [0.717, 1.165) is 16.7 Å². The fourth-order valence-electron chi connectivity index (χ4n) is 4.37. The highest BCUT2D eigenvalue weighted by molar-refractivity contribution is 6.01. The maximum Gasteiger partial charge on any atom is 0.255 e. The van der Waals surface area contributed by atoms with Crippen molar-refractivity contribution in [2.45, 2.75) is 12.1 Å². The van der Waals surface area contributed by atoms with Crippen molar-refractivity contribution in [2.24, 2.45) is 0 Å². The summed E-state index contributed by atoms with van der Waals surface area (Å²) >= 11 is 0. The summed E-state index contributed by atoms with van der Waals surface area (Å²) in [5, 5.41) is 19.8. The molecule has 3 aromatic carbocycles. The minimum atomic E-state index is -0.943. The van der Waals surface area contributed by atoms with Gasteiger partial charge in [-0.25, -0.2) is 0 Å². The minimum absolute atomic E-state index is 0.108. The number of furan rings is 1. The smallest absolute Gasteiger partial charge is 0.255 e. The Morgan fingerprint density at radius 3 is 1.93 bits per heavy atom. The molecule has 0 bridgehead atoms. The summed E-state index contributed by atoms with van der Waals surface area (Å²) in [6.45, 7) is 0.266. The van der Waals surface area contributed by atoms with Crippen molar-refractivity contribution in [3.63, 3.8) is 0 Å². The SMILES string of the molecule is O=C1c2ccccc2C(c2ccc(O)cc2)(c2ccc(O)cc2)N1Cc1ccco1. The van der Waals surface area contributed by atoms with E-state index in [4.69, 9.17) is 4.42 Å². The Hall–Kier alpha value is -3.99. The van der Waals surface area contributed by atoms with Gasteiger partial charge in [0, 0.05) is 5.56 Å². The lowest BCUT2D eigenvalue weighted by atomic mass is 9.77. The zero-order valence-electron chi connectivity index (χ0n) is 16.0. The number of rotatable bonds is 4. The molecule has 1 amide bonds. The van der Waals surface area contributed by atoms with Gasteiger partial charge in [0.05, 0.1) is 12.8 Å². The third-order valence-corrected chi connectivity index (χ3v) is 5.66. The maximum absolute atomic E-state index is 13.6. The van der Waals surface area contributed by atoms with E-state index in [1.54, 1.807) is 41.5 Å². The number of aromatic hydroxyl groups is 2. The molecule has 2 heterocycles. The van der Waals surface area contributed by atoms with Gasteiger partial charge in [0.1, 0.15) is 22.8 Å². The van der Waals surface area contributed by atoms with Gasteiger partial charge in [-0.3, -0.25) is 4.79 Å². The first-order valence-electron chi connectivity index (χ1n) is 9.63. The molecule has 5 rings (SSSR count). The number of carbonyl (C=O) groups is 1. The molecule has 0 fully saturated rings. The van der Waals surface area contributed by atoms with Crippen molar-refractivity contribution >= 4 is 5.91 Å². The van der Waals surface area contributed by atoms with E-state index in [-0.39, 0.29) is 24.0 Å². The van der Waals surface area contributed by atoms with E-state index < -0.39 is 5.54 Å². The van der Waals surface area contributed by atoms with Gasteiger partial charge in [0.25, 0.3) is 5.91 Å². The fourth-order valence-corrected chi connectivity index (χ4v) is 4.37. The van der Waals surface area contributed by atoms with Crippen LogP contribution in [-0.4, -0.2) is 21.0 Å². The third kappa shape index (κ3) is 2.59. The van der Waals surface area contributed by atoms with Crippen LogP contribution in [0.2, 0.25) is 0 Å². The Balaban J connectivity index is 1.83. The lowest BCUT2D eigenvalue weighted by Crippen LogP contribution is -2.45. The standard InChI is InChI=1S/C25H19NO4/c27-19-11-7-17(8-12-19)25(18-9-13-20(28)14-10-18)23-6-2-1-5-22(23)24(29)26(25)16-21-4-3-15-30-21/h1-15,27-28H,16H2. The average Bonchev–Trinajstić information content (AvgIpc) is 3.36. The van der Waals surface area contributed by atoms with Crippen LogP contribution in [-0.2, 0) is 12.1 Å². The van der Waals surface area contributed by atoms with Gasteiger partial charge in [-0.1, -0.05) is 42.5 Å². The third-order valence-electron chi connectivity index (χ3n) is 5.66. The number of benzene rings is 3. The normalized spacial score (nSPS) is 14.7. The average molecular weight is 397 g/mol. The molecule has 0 radical (unpaired) electrons. The van der Waals surface area contributed by atoms with Crippen LogP contribution in [0, 0.1) is 0 Å². The predicted octanol–water partition coefficient (Wildman–Crippen LogP) is 4.64. The highest BCUT2D eigenvalue weighted by Gasteiger charge is 2.52. The van der Waals surface area contributed by atoms with E-state index in [9.17, 15) is 15.0 Å². The molecule has 30 heavy (non-hydrogen) atoms. The molecule has 1 aliphatic rings. The number of hydrogen-bond acceptors (Lipinski definition) is 4. The van der Waals surface area contributed by atoms with Crippen molar-refractivity contribution < 1.29 is 19.4 Å². The second-order valence-corrected chi connectivity index (χ2v) is 7.32. The molecule has 0 spiro atoms. The molecule has 0 saturated heterocycles. The molecule has 0 aliphatic carbocycles. The number of hydrogen-bond donors (Lipinski definition) is 2. The molecule has 5 nitrogen and oxygen atoms in total. The van der Waals surface area contributed by atoms with Crippen molar-refractivity contribution in [3.8, 4) is 11.5 Å². The Labute approximate surface area is 173 Å². The molecular formula is C25H19NO4. The van der Waals surface area contributed by atoms with Crippen molar-refractivity contribution in [2.75, 3.05) is 0 Å². The highest BCUT2D eigenvalue weighted by Crippen LogP contribution is 2.50. The summed E-state index contributed by atoms with van der Waals surface area (Å²) in [5.41, 5.74) is 2.18. The predicted molar refractivity (Wildman–Crippen MR) is 111 cm³/mol. The molecule has 2 N–H and O–H groups in total. The monoisotopic (exact) mass is 397 g/mol. The van der Waals surface area contributed by atoms with Gasteiger partial charge in [0.2, 0.25) is 0 Å². The molecule has 5 heteroatoms. The zero-order valence-corrected chi connectivity index (χ0v) is 16.0. The lowest BCUT2D eigenvalue weighted by molar-refractivity contribution is 0.0640. The van der Waals surface area contributed by atoms with Crippen LogP contribution in [0.25, 0.3) is 0 Å². The molecule has 0 atom stereocenters. The fraction of sp³-hybridized carbons (Fsp3) is 0.0800. The van der Waals surface area contributed by atoms with Gasteiger partial charge >= 0.3 is 0 Å². The number of carbonyl (C=O) groups excluding carboxylic acids is 1. The molecule has 4 aromatic rings. The van der Waals surface area contributed by atoms with Crippen LogP contribution >= 0.6 is 0 Å². The quantitative estimate of drug-likeness (QED) is 0.526. The summed E-state index contributed by atoms with van der Waals surface area (Å²) in [4.78, 5) is 15.4. The second-order valence-electron chi connectivity index (χ2n) is 7.32. The number of fused-ring (bicyclic) bond motifs is 1. The van der Waals surface area contributed by atoms with E-state index >= 15 is 0 Å². The Morgan fingerprint density at radius 1 is 0.767 bits per heavy atom. The summed E-state index contributed by atoms with van der Waals surface area (Å²) in [5.74, 6) is 0.853. The van der Waals surface area contributed by atoms with E-state index in [1.807, 2.05) is 54.6 Å². The molecule has 0 saturated carbocycles. The van der Waals surface area contributed by atoms with E-state index in [1.165, 1.54) is 0 Å². The Bertz CT molecular complexity index is 1150. The van der Waals surface area contributed by atoms with Crippen molar-refractivity contribution in [1.82, 2.24) is 4.90 Å². The van der Waals surface area contributed by atoms with Gasteiger partial charge < -0.3 is 19.5 Å². The maximum atomic E-state index is 13.6.